The molecule has 1 aromatic heterocycles. The third-order valence-electron chi connectivity index (χ3n) is 10.1. The number of carbonyl (C=O) groups excluding carboxylic acids is 4. The summed E-state index contributed by atoms with van der Waals surface area (Å²) < 4.78 is 39.2. The minimum atomic E-state index is -3.97. The zero-order chi connectivity index (χ0) is 35.9. The van der Waals surface area contributed by atoms with Crippen molar-refractivity contribution in [3.8, 4) is 5.88 Å². The number of carbonyl (C=O) groups is 4. The van der Waals surface area contributed by atoms with Crippen LogP contribution >= 0.6 is 0 Å². The molecule has 5 atom stereocenters. The van der Waals surface area contributed by atoms with Gasteiger partial charge in [-0.15, -0.1) is 0 Å². The van der Waals surface area contributed by atoms with E-state index in [9.17, 15) is 27.6 Å². The summed E-state index contributed by atoms with van der Waals surface area (Å²) in [6.07, 6.45) is 8.49. The van der Waals surface area contributed by atoms with Gasteiger partial charge in [-0.1, -0.05) is 43.2 Å². The van der Waals surface area contributed by atoms with Crippen molar-refractivity contribution in [2.24, 2.45) is 5.92 Å². The molecule has 6 rings (SSSR count). The van der Waals surface area contributed by atoms with Gasteiger partial charge in [-0.25, -0.2) is 18.2 Å². The van der Waals surface area contributed by atoms with Crippen LogP contribution in [0.25, 0.3) is 10.8 Å². The van der Waals surface area contributed by atoms with Crippen LogP contribution in [0.15, 0.2) is 48.7 Å². The number of fused-ring (bicyclic) bond motifs is 3. The Balaban J connectivity index is 1.30. The summed E-state index contributed by atoms with van der Waals surface area (Å²) in [5, 5.41) is 7.31. The fourth-order valence-electron chi connectivity index (χ4n) is 6.74. The molecule has 4 amide bonds. The lowest BCUT2D eigenvalue weighted by molar-refractivity contribution is -0.141. The first kappa shape index (κ1) is 35.6. The zero-order valence-electron chi connectivity index (χ0n) is 29.1. The molecule has 3 heterocycles. The minimum Gasteiger partial charge on any atom is -0.472 e. The van der Waals surface area contributed by atoms with Crippen molar-refractivity contribution in [1.29, 1.82) is 0 Å². The Labute approximate surface area is 293 Å². The lowest BCUT2D eigenvalue weighted by atomic mass is 10.0. The molecule has 2 aliphatic heterocycles. The lowest BCUT2D eigenvalue weighted by Crippen LogP contribution is -2.58. The number of nitrogens with zero attached hydrogens (tertiary/aromatic N) is 2. The summed E-state index contributed by atoms with van der Waals surface area (Å²) in [4.78, 5) is 61.1. The highest BCUT2D eigenvalue weighted by molar-refractivity contribution is 7.91. The highest BCUT2D eigenvalue weighted by atomic mass is 32.2. The average Bonchev–Trinajstić information content (AvgIpc) is 3.92. The van der Waals surface area contributed by atoms with Gasteiger partial charge in [0.2, 0.25) is 27.7 Å². The zero-order valence-corrected chi connectivity index (χ0v) is 29.9. The highest BCUT2D eigenvalue weighted by Crippen LogP contribution is 2.47. The van der Waals surface area contributed by atoms with Gasteiger partial charge in [0, 0.05) is 23.9 Å². The topological polar surface area (TPSA) is 173 Å². The first-order valence-corrected chi connectivity index (χ1v) is 19.0. The van der Waals surface area contributed by atoms with E-state index in [-0.39, 0.29) is 19.4 Å². The Morgan fingerprint density at radius 1 is 1.08 bits per heavy atom. The number of benzene rings is 1. The second-order valence-electron chi connectivity index (χ2n) is 15.2. The molecule has 0 radical (unpaired) electrons. The molecule has 50 heavy (non-hydrogen) atoms. The molecule has 0 unspecified atom stereocenters. The summed E-state index contributed by atoms with van der Waals surface area (Å²) in [5.41, 5.74) is -2.29. The maximum absolute atomic E-state index is 14.4. The van der Waals surface area contributed by atoms with Crippen molar-refractivity contribution in [3.63, 3.8) is 0 Å². The molecule has 2 saturated carbocycles. The van der Waals surface area contributed by atoms with Crippen LogP contribution < -0.4 is 20.1 Å². The number of ether oxygens (including phenoxy) is 2. The maximum Gasteiger partial charge on any atom is 0.408 e. The molecule has 13 nitrogen and oxygen atoms in total. The van der Waals surface area contributed by atoms with Crippen LogP contribution in [0.2, 0.25) is 0 Å². The van der Waals surface area contributed by atoms with Crippen molar-refractivity contribution in [3.05, 3.63) is 48.7 Å². The number of pyridine rings is 1. The quantitative estimate of drug-likeness (QED) is 0.377. The van der Waals surface area contributed by atoms with Crippen LogP contribution in [-0.2, 0) is 29.1 Å². The Hall–Kier alpha value is -4.20. The minimum absolute atomic E-state index is 0.0174. The van der Waals surface area contributed by atoms with Crippen molar-refractivity contribution in [2.75, 3.05) is 6.54 Å². The van der Waals surface area contributed by atoms with Crippen LogP contribution in [0.3, 0.4) is 0 Å². The number of aromatic nitrogens is 1. The van der Waals surface area contributed by atoms with Gasteiger partial charge in [-0.05, 0) is 83.7 Å². The van der Waals surface area contributed by atoms with Gasteiger partial charge < -0.3 is 25.0 Å². The number of amides is 4. The van der Waals surface area contributed by atoms with E-state index < -0.39 is 73.8 Å². The van der Waals surface area contributed by atoms with E-state index in [1.807, 2.05) is 42.5 Å². The Morgan fingerprint density at radius 3 is 2.58 bits per heavy atom. The summed E-state index contributed by atoms with van der Waals surface area (Å²) in [6, 6.07) is 7.38. The highest BCUT2D eigenvalue weighted by Gasteiger charge is 2.63. The van der Waals surface area contributed by atoms with E-state index in [0.29, 0.717) is 38.0 Å². The molecule has 3 N–H and O–H groups in total. The van der Waals surface area contributed by atoms with Crippen LogP contribution in [-0.4, -0.2) is 82.7 Å². The molecule has 2 aliphatic carbocycles. The number of allylic oxidation sites excluding steroid dienone is 1. The molecule has 4 aliphatic rings. The smallest absolute Gasteiger partial charge is 0.408 e. The molecule has 0 spiro atoms. The standard InChI is InChI=1S/C36H47N5O8S/c1-34(2,3)49-33(45)38-27-15-9-7-5-6-8-13-24-21-36(24,32(44)40-50(46,47)35(4)17-18-35)39-29(42)28-20-25(22-41(28)31(27)43)48-30-26-14-11-10-12-23(26)16-19-37-30/h8,10-14,16,19,24-25,27-28H,5-7,9,15,17-18,20-22H2,1-4H3,(H,38,45)(H,39,42)(H,40,44)/b13-8-/t24-,25+,27-,28-,36+/m0/s1. The first-order valence-electron chi connectivity index (χ1n) is 17.5. The summed E-state index contributed by atoms with van der Waals surface area (Å²) in [7, 11) is -3.97. The normalized spacial score (nSPS) is 28.9. The third-order valence-corrected chi connectivity index (χ3v) is 12.2. The third kappa shape index (κ3) is 7.59. The molecular weight excluding hydrogens is 662 g/mol. The SMILES string of the molecule is CC(C)(C)OC(=O)N[C@H]1CCCCC/C=C\[C@H]2C[C@@]2(C(=O)NS(=O)(=O)C2(C)CC2)NC(=O)[C@@H]2C[C@@H](Oc3nccc4ccccc34)CN2C1=O. The van der Waals surface area contributed by atoms with E-state index >= 15 is 0 Å². The van der Waals surface area contributed by atoms with Crippen LogP contribution in [0.4, 0.5) is 4.79 Å². The first-order chi connectivity index (χ1) is 23.6. The molecule has 270 valence electrons. The molecule has 14 heteroatoms. The number of alkyl carbamates (subject to hydrolysis) is 1. The van der Waals surface area contributed by atoms with Gasteiger partial charge in [0.1, 0.15) is 29.3 Å². The van der Waals surface area contributed by atoms with Crippen LogP contribution in [0.5, 0.6) is 5.88 Å². The van der Waals surface area contributed by atoms with E-state index in [4.69, 9.17) is 9.47 Å². The van der Waals surface area contributed by atoms with Crippen molar-refractivity contribution in [2.45, 2.75) is 120 Å². The van der Waals surface area contributed by atoms with Gasteiger partial charge in [-0.2, -0.15) is 0 Å². The molecule has 1 saturated heterocycles. The second-order valence-corrected chi connectivity index (χ2v) is 17.4. The maximum atomic E-state index is 14.4. The van der Waals surface area contributed by atoms with Crippen LogP contribution in [0.1, 0.15) is 85.5 Å². The van der Waals surface area contributed by atoms with Crippen molar-refractivity contribution in [1.82, 2.24) is 25.2 Å². The number of hydrogen-bond donors (Lipinski definition) is 3. The molecule has 2 aromatic rings. The van der Waals surface area contributed by atoms with E-state index in [1.54, 1.807) is 33.9 Å². The Kier molecular flexibility index (Phi) is 9.61. The van der Waals surface area contributed by atoms with E-state index in [1.165, 1.54) is 4.90 Å². The van der Waals surface area contributed by atoms with Crippen molar-refractivity contribution < 1.29 is 37.1 Å². The van der Waals surface area contributed by atoms with E-state index in [0.717, 1.165) is 23.6 Å². The predicted octanol–water partition coefficient (Wildman–Crippen LogP) is 3.87. The number of rotatable bonds is 6. The van der Waals surface area contributed by atoms with E-state index in [2.05, 4.69) is 20.3 Å². The van der Waals surface area contributed by atoms with Gasteiger partial charge in [-0.3, -0.25) is 19.1 Å². The molecule has 1 aromatic carbocycles. The average molecular weight is 710 g/mol. The summed E-state index contributed by atoms with van der Waals surface area (Å²) in [5.74, 6) is -1.93. The largest absolute Gasteiger partial charge is 0.472 e. The second kappa shape index (κ2) is 13.5. The van der Waals surface area contributed by atoms with Gasteiger partial charge in [0.05, 0.1) is 11.3 Å². The molecule has 3 fully saturated rings. The molecular formula is C36H47N5O8S. The van der Waals surface area contributed by atoms with Gasteiger partial charge in [0.15, 0.2) is 0 Å². The van der Waals surface area contributed by atoms with Gasteiger partial charge in [0.25, 0.3) is 5.91 Å². The van der Waals surface area contributed by atoms with Crippen LogP contribution in [0, 0.1) is 5.92 Å². The summed E-state index contributed by atoms with van der Waals surface area (Å²) in [6.45, 7) is 6.80. The van der Waals surface area contributed by atoms with Gasteiger partial charge >= 0.3 is 6.09 Å². The predicted molar refractivity (Wildman–Crippen MR) is 185 cm³/mol. The fourth-order valence-corrected chi connectivity index (χ4v) is 8.05. The summed E-state index contributed by atoms with van der Waals surface area (Å²) >= 11 is 0. The Morgan fingerprint density at radius 2 is 1.84 bits per heavy atom. The number of nitrogens with one attached hydrogen (secondary N) is 3. The lowest BCUT2D eigenvalue weighted by Gasteiger charge is -2.30. The monoisotopic (exact) mass is 709 g/mol. The number of hydrogen-bond acceptors (Lipinski definition) is 9. The Bertz CT molecular complexity index is 1800. The number of sulfonamides is 1. The fraction of sp³-hybridized carbons (Fsp3) is 0.583. The molecule has 0 bridgehead atoms. The van der Waals surface area contributed by atoms with Crippen molar-refractivity contribution >= 4 is 44.6 Å².